The molecule has 0 bridgehead atoms. The average molecular weight is 494 g/mol. The highest BCUT2D eigenvalue weighted by molar-refractivity contribution is 7.89. The number of hydrogen-bond donors (Lipinski definition) is 0. The summed E-state index contributed by atoms with van der Waals surface area (Å²) in [7, 11) is -3.58. The third-order valence-electron chi connectivity index (χ3n) is 6.10. The monoisotopic (exact) mass is 493 g/mol. The highest BCUT2D eigenvalue weighted by Gasteiger charge is 2.33. The molecule has 1 aliphatic rings. The number of hydrogen-bond acceptors (Lipinski definition) is 5. The smallest absolute Gasteiger partial charge is 0.339 e. The quantitative estimate of drug-likeness (QED) is 0.424. The van der Waals surface area contributed by atoms with Crippen LogP contribution in [0, 0.1) is 0 Å². The fraction of sp³-hybridized carbons (Fsp3) is 0.417. The van der Waals surface area contributed by atoms with Crippen LogP contribution in [0.1, 0.15) is 55.5 Å². The summed E-state index contributed by atoms with van der Waals surface area (Å²) < 4.78 is 71.2. The molecule has 2 heterocycles. The van der Waals surface area contributed by atoms with Crippen LogP contribution < -0.4 is 0 Å². The Morgan fingerprint density at radius 3 is 2.26 bits per heavy atom. The molecule has 1 aromatic heterocycles. The molecule has 3 aromatic rings. The van der Waals surface area contributed by atoms with Gasteiger partial charge in [-0.25, -0.2) is 8.42 Å². The number of unbranched alkanes of at least 4 members (excludes halogenated alkanes) is 1. The summed E-state index contributed by atoms with van der Waals surface area (Å²) in [5.74, 6) is 0.465. The number of aryl methyl sites for hydroxylation is 1. The Kier molecular flexibility index (Phi) is 7.09. The molecule has 0 amide bonds. The first kappa shape index (κ1) is 24.4. The third kappa shape index (κ3) is 5.33. The topological polar surface area (TPSA) is 76.3 Å². The van der Waals surface area contributed by atoms with Gasteiger partial charge in [-0.3, -0.25) is 0 Å². The molecule has 0 radical (unpaired) electrons. The summed E-state index contributed by atoms with van der Waals surface area (Å²) >= 11 is 0. The Morgan fingerprint density at radius 1 is 1.03 bits per heavy atom. The van der Waals surface area contributed by atoms with E-state index in [-0.39, 0.29) is 16.6 Å². The predicted octanol–water partition coefficient (Wildman–Crippen LogP) is 5.67. The zero-order valence-electron chi connectivity index (χ0n) is 18.8. The van der Waals surface area contributed by atoms with E-state index in [1.54, 1.807) is 12.1 Å². The second-order valence-corrected chi connectivity index (χ2v) is 10.4. The van der Waals surface area contributed by atoms with E-state index in [9.17, 15) is 21.6 Å². The van der Waals surface area contributed by atoms with E-state index in [1.807, 2.05) is 12.1 Å². The fourth-order valence-corrected chi connectivity index (χ4v) is 5.50. The van der Waals surface area contributed by atoms with Gasteiger partial charge in [0, 0.05) is 24.6 Å². The molecule has 2 aromatic carbocycles. The second-order valence-electron chi connectivity index (χ2n) is 8.46. The Morgan fingerprint density at radius 2 is 1.68 bits per heavy atom. The van der Waals surface area contributed by atoms with E-state index in [0.29, 0.717) is 37.4 Å². The van der Waals surface area contributed by atoms with Gasteiger partial charge in [-0.2, -0.15) is 22.5 Å². The summed E-state index contributed by atoms with van der Waals surface area (Å²) in [5.41, 5.74) is 0.800. The SMILES string of the molecule is CCCCc1ccc(S(=O)(=O)N2CCC(c3nc(-c4ccc(C(F)(F)F)cc4)no3)CC2)cc1. The van der Waals surface area contributed by atoms with E-state index in [4.69, 9.17) is 4.52 Å². The molecule has 182 valence electrons. The Balaban J connectivity index is 1.39. The van der Waals surface area contributed by atoms with Gasteiger partial charge in [0.05, 0.1) is 10.5 Å². The van der Waals surface area contributed by atoms with E-state index in [0.717, 1.165) is 37.0 Å². The van der Waals surface area contributed by atoms with Crippen molar-refractivity contribution in [2.45, 2.75) is 56.0 Å². The van der Waals surface area contributed by atoms with Crippen molar-refractivity contribution >= 4 is 10.0 Å². The fourth-order valence-electron chi connectivity index (χ4n) is 4.03. The van der Waals surface area contributed by atoms with Gasteiger partial charge in [-0.05, 0) is 55.5 Å². The first-order valence-corrected chi connectivity index (χ1v) is 12.7. The maximum atomic E-state index is 13.0. The number of halogens is 3. The van der Waals surface area contributed by atoms with Gasteiger partial charge >= 0.3 is 6.18 Å². The largest absolute Gasteiger partial charge is 0.416 e. The Bertz CT molecular complexity index is 1200. The van der Waals surface area contributed by atoms with Crippen LogP contribution in [-0.2, 0) is 22.6 Å². The lowest BCUT2D eigenvalue weighted by Crippen LogP contribution is -2.37. The normalized spacial score (nSPS) is 16.1. The molecule has 10 heteroatoms. The molecule has 1 saturated heterocycles. The lowest BCUT2D eigenvalue weighted by molar-refractivity contribution is -0.137. The molecule has 1 fully saturated rings. The van der Waals surface area contributed by atoms with Crippen molar-refractivity contribution in [1.29, 1.82) is 0 Å². The van der Waals surface area contributed by atoms with Crippen molar-refractivity contribution in [2.75, 3.05) is 13.1 Å². The van der Waals surface area contributed by atoms with Crippen LogP contribution in [0.2, 0.25) is 0 Å². The van der Waals surface area contributed by atoms with Crippen LogP contribution in [0.5, 0.6) is 0 Å². The summed E-state index contributed by atoms with van der Waals surface area (Å²) in [6, 6.07) is 11.6. The highest BCUT2D eigenvalue weighted by Crippen LogP contribution is 2.33. The molecule has 0 atom stereocenters. The van der Waals surface area contributed by atoms with Crippen molar-refractivity contribution in [3.05, 3.63) is 65.5 Å². The number of sulfonamides is 1. The van der Waals surface area contributed by atoms with E-state index >= 15 is 0 Å². The Labute approximate surface area is 196 Å². The number of nitrogens with zero attached hydrogens (tertiary/aromatic N) is 3. The molecule has 0 unspecified atom stereocenters. The lowest BCUT2D eigenvalue weighted by Gasteiger charge is -2.29. The van der Waals surface area contributed by atoms with E-state index < -0.39 is 21.8 Å². The predicted molar refractivity (Wildman–Crippen MR) is 121 cm³/mol. The summed E-state index contributed by atoms with van der Waals surface area (Å²) in [5, 5.41) is 3.90. The summed E-state index contributed by atoms with van der Waals surface area (Å²) in [4.78, 5) is 4.63. The number of benzene rings is 2. The van der Waals surface area contributed by atoms with Gasteiger partial charge in [-0.15, -0.1) is 0 Å². The van der Waals surface area contributed by atoms with Crippen molar-refractivity contribution in [2.24, 2.45) is 0 Å². The van der Waals surface area contributed by atoms with Crippen LogP contribution in [0.4, 0.5) is 13.2 Å². The van der Waals surface area contributed by atoms with E-state index in [1.165, 1.54) is 16.4 Å². The molecular weight excluding hydrogens is 467 g/mol. The summed E-state index contributed by atoms with van der Waals surface area (Å²) in [6.07, 6.45) is -0.297. The third-order valence-corrected chi connectivity index (χ3v) is 8.01. The maximum Gasteiger partial charge on any atom is 0.416 e. The molecule has 0 N–H and O–H groups in total. The zero-order chi connectivity index (χ0) is 24.3. The number of alkyl halides is 3. The van der Waals surface area contributed by atoms with Gasteiger partial charge < -0.3 is 4.52 Å². The highest BCUT2D eigenvalue weighted by atomic mass is 32.2. The minimum atomic E-state index is -4.41. The molecule has 4 rings (SSSR count). The number of aromatic nitrogens is 2. The standard InChI is InChI=1S/C24H26F3N3O3S/c1-2-3-4-17-5-11-21(12-6-17)34(31,32)30-15-13-19(14-16-30)23-28-22(29-33-23)18-7-9-20(10-8-18)24(25,26)27/h5-12,19H,2-4,13-16H2,1H3. The maximum absolute atomic E-state index is 13.0. The average Bonchev–Trinajstić information content (AvgIpc) is 3.33. The van der Waals surface area contributed by atoms with Crippen molar-refractivity contribution in [3.8, 4) is 11.4 Å². The molecule has 0 saturated carbocycles. The van der Waals surface area contributed by atoms with Crippen LogP contribution in [0.3, 0.4) is 0 Å². The zero-order valence-corrected chi connectivity index (χ0v) is 19.6. The van der Waals surface area contributed by atoms with Crippen LogP contribution in [0.15, 0.2) is 57.9 Å². The minimum absolute atomic E-state index is 0.112. The first-order valence-electron chi connectivity index (χ1n) is 11.3. The van der Waals surface area contributed by atoms with Gasteiger partial charge in [0.25, 0.3) is 0 Å². The molecule has 34 heavy (non-hydrogen) atoms. The first-order chi connectivity index (χ1) is 16.2. The van der Waals surface area contributed by atoms with Crippen LogP contribution >= 0.6 is 0 Å². The Hall–Kier alpha value is -2.72. The number of piperidine rings is 1. The van der Waals surface area contributed by atoms with Gasteiger partial charge in [0.2, 0.25) is 21.7 Å². The summed E-state index contributed by atoms with van der Waals surface area (Å²) in [6.45, 7) is 2.76. The van der Waals surface area contributed by atoms with Crippen LogP contribution in [0.25, 0.3) is 11.4 Å². The van der Waals surface area contributed by atoms with Gasteiger partial charge in [0.15, 0.2) is 0 Å². The van der Waals surface area contributed by atoms with Gasteiger partial charge in [-0.1, -0.05) is 42.8 Å². The minimum Gasteiger partial charge on any atom is -0.339 e. The second kappa shape index (κ2) is 9.87. The number of rotatable bonds is 7. The van der Waals surface area contributed by atoms with E-state index in [2.05, 4.69) is 17.1 Å². The molecule has 1 aliphatic heterocycles. The van der Waals surface area contributed by atoms with Crippen LogP contribution in [-0.4, -0.2) is 36.0 Å². The van der Waals surface area contributed by atoms with Crippen molar-refractivity contribution in [3.63, 3.8) is 0 Å². The molecule has 0 spiro atoms. The van der Waals surface area contributed by atoms with Gasteiger partial charge in [0.1, 0.15) is 0 Å². The molecule has 6 nitrogen and oxygen atoms in total. The van der Waals surface area contributed by atoms with Crippen molar-refractivity contribution < 1.29 is 26.1 Å². The molecule has 0 aliphatic carbocycles. The van der Waals surface area contributed by atoms with Crippen molar-refractivity contribution in [1.82, 2.24) is 14.4 Å². The molecular formula is C24H26F3N3O3S. The lowest BCUT2D eigenvalue weighted by atomic mass is 9.98.